The zero-order valence-electron chi connectivity index (χ0n) is 16.9. The van der Waals surface area contributed by atoms with E-state index in [1.165, 1.54) is 32.1 Å². The Morgan fingerprint density at radius 2 is 1.73 bits per heavy atom. The Morgan fingerprint density at radius 3 is 2.47 bits per heavy atom. The molecular formula is C23H27F3N4. The van der Waals surface area contributed by atoms with Crippen molar-refractivity contribution in [1.82, 2.24) is 10.2 Å². The largest absolute Gasteiger partial charge is 0.351 e. The summed E-state index contributed by atoms with van der Waals surface area (Å²) in [5, 5.41) is 8.50. The van der Waals surface area contributed by atoms with Crippen molar-refractivity contribution >= 4 is 5.82 Å². The number of hydrogen-bond acceptors (Lipinski definition) is 4. The third-order valence-corrected chi connectivity index (χ3v) is 7.36. The highest BCUT2D eigenvalue weighted by molar-refractivity contribution is 5.61. The summed E-state index contributed by atoms with van der Waals surface area (Å²) >= 11 is 0. The van der Waals surface area contributed by atoms with Gasteiger partial charge in [0.2, 0.25) is 0 Å². The van der Waals surface area contributed by atoms with Crippen LogP contribution in [0.15, 0.2) is 24.3 Å². The Hall–Kier alpha value is -2.15. The summed E-state index contributed by atoms with van der Waals surface area (Å²) in [5.41, 5.74) is 6.20. The summed E-state index contributed by atoms with van der Waals surface area (Å²) < 4.78 is 41.3. The van der Waals surface area contributed by atoms with E-state index in [0.717, 1.165) is 31.3 Å². The minimum atomic E-state index is -1.23. The number of aromatic nitrogens is 2. The lowest BCUT2D eigenvalue weighted by atomic mass is 9.77. The van der Waals surface area contributed by atoms with E-state index in [1.807, 2.05) is 0 Å². The second-order valence-electron chi connectivity index (χ2n) is 9.22. The van der Waals surface area contributed by atoms with Crippen molar-refractivity contribution in [2.75, 3.05) is 11.4 Å². The Bertz CT molecular complexity index is 913. The molecule has 1 aromatic heterocycles. The van der Waals surface area contributed by atoms with E-state index in [4.69, 9.17) is 5.73 Å². The Labute approximate surface area is 174 Å². The monoisotopic (exact) mass is 416 g/mol. The van der Waals surface area contributed by atoms with Gasteiger partial charge in [0, 0.05) is 30.3 Å². The number of rotatable bonds is 3. The number of nitrogens with two attached hydrogens (primary N) is 1. The van der Waals surface area contributed by atoms with Gasteiger partial charge in [-0.1, -0.05) is 19.3 Å². The first kappa shape index (κ1) is 19.8. The summed E-state index contributed by atoms with van der Waals surface area (Å²) in [6, 6.07) is 5.59. The minimum absolute atomic E-state index is 0.130. The van der Waals surface area contributed by atoms with Gasteiger partial charge in [-0.25, -0.2) is 13.2 Å². The summed E-state index contributed by atoms with van der Waals surface area (Å²) in [5.74, 6) is -0.622. The lowest BCUT2D eigenvalue weighted by Gasteiger charge is -2.37. The third kappa shape index (κ3) is 3.47. The molecule has 1 aromatic carbocycles. The molecule has 7 heteroatoms. The lowest BCUT2D eigenvalue weighted by molar-refractivity contribution is 0.251. The van der Waals surface area contributed by atoms with Crippen molar-refractivity contribution < 1.29 is 13.2 Å². The van der Waals surface area contributed by atoms with E-state index < -0.39 is 17.5 Å². The average molecular weight is 416 g/mol. The van der Waals surface area contributed by atoms with Crippen molar-refractivity contribution in [3.05, 3.63) is 41.7 Å². The smallest absolute Gasteiger partial charge is 0.168 e. The zero-order chi connectivity index (χ0) is 20.8. The van der Waals surface area contributed by atoms with Gasteiger partial charge in [0.05, 0.1) is 5.69 Å². The minimum Gasteiger partial charge on any atom is -0.351 e. The number of benzene rings is 1. The molecule has 2 aliphatic carbocycles. The van der Waals surface area contributed by atoms with Crippen molar-refractivity contribution in [2.45, 2.75) is 57.0 Å². The van der Waals surface area contributed by atoms with Crippen LogP contribution in [0, 0.1) is 35.2 Å². The zero-order valence-corrected chi connectivity index (χ0v) is 16.9. The second-order valence-corrected chi connectivity index (χ2v) is 9.22. The first-order valence-electron chi connectivity index (χ1n) is 11.0. The average Bonchev–Trinajstić information content (AvgIpc) is 3.27. The number of halogens is 3. The van der Waals surface area contributed by atoms with Gasteiger partial charge in [-0.2, -0.15) is 0 Å². The van der Waals surface area contributed by atoms with Crippen LogP contribution in [0.2, 0.25) is 0 Å². The molecule has 0 spiro atoms. The molecule has 4 nitrogen and oxygen atoms in total. The molecule has 30 heavy (non-hydrogen) atoms. The Balaban J connectivity index is 1.44. The standard InChI is InChI=1S/C23H27F3N4/c24-15-9-18(22(26)19(25)10-15)20-6-7-21(29-28-20)30-12-14-8-16(27)11-17(14)23(30)13-4-2-1-3-5-13/h6-7,9-10,13-14,16-17,23H,1-5,8,11-12,27H2/t14-,16+,17+,23+/m1/s1. The molecule has 0 amide bonds. The van der Waals surface area contributed by atoms with Gasteiger partial charge in [0.15, 0.2) is 17.5 Å². The molecule has 3 aliphatic rings. The highest BCUT2D eigenvalue weighted by Gasteiger charge is 2.49. The number of fused-ring (bicyclic) bond motifs is 1. The fourth-order valence-corrected chi connectivity index (χ4v) is 6.13. The first-order chi connectivity index (χ1) is 14.5. The van der Waals surface area contributed by atoms with Crippen LogP contribution in [-0.2, 0) is 0 Å². The van der Waals surface area contributed by atoms with Crippen LogP contribution in [-0.4, -0.2) is 28.8 Å². The summed E-state index contributed by atoms with van der Waals surface area (Å²) in [7, 11) is 0. The van der Waals surface area contributed by atoms with Crippen LogP contribution < -0.4 is 10.6 Å². The van der Waals surface area contributed by atoms with Crippen LogP contribution in [0.5, 0.6) is 0 Å². The number of anilines is 1. The van der Waals surface area contributed by atoms with Gasteiger partial charge in [-0.05, 0) is 61.6 Å². The molecule has 4 atom stereocenters. The molecule has 0 unspecified atom stereocenters. The Kier molecular flexibility index (Phi) is 5.17. The van der Waals surface area contributed by atoms with Crippen LogP contribution in [0.25, 0.3) is 11.3 Å². The summed E-state index contributed by atoms with van der Waals surface area (Å²) in [4.78, 5) is 2.37. The maximum absolute atomic E-state index is 14.1. The van der Waals surface area contributed by atoms with E-state index in [1.54, 1.807) is 12.1 Å². The molecule has 5 rings (SSSR count). The third-order valence-electron chi connectivity index (χ3n) is 7.36. The molecule has 3 fully saturated rings. The van der Waals surface area contributed by atoms with Crippen LogP contribution in [0.3, 0.4) is 0 Å². The number of hydrogen-bond donors (Lipinski definition) is 1. The second kappa shape index (κ2) is 7.84. The van der Waals surface area contributed by atoms with Crippen molar-refractivity contribution in [3.8, 4) is 11.3 Å². The van der Waals surface area contributed by atoms with Crippen molar-refractivity contribution in [1.29, 1.82) is 0 Å². The highest BCUT2D eigenvalue weighted by atomic mass is 19.2. The van der Waals surface area contributed by atoms with Gasteiger partial charge >= 0.3 is 0 Å². The van der Waals surface area contributed by atoms with Gasteiger partial charge in [-0.3, -0.25) is 0 Å². The van der Waals surface area contributed by atoms with Gasteiger partial charge in [-0.15, -0.1) is 10.2 Å². The topological polar surface area (TPSA) is 55.0 Å². The summed E-state index contributed by atoms with van der Waals surface area (Å²) in [6.07, 6.45) is 8.42. The van der Waals surface area contributed by atoms with E-state index in [2.05, 4.69) is 15.1 Å². The summed E-state index contributed by atoms with van der Waals surface area (Å²) in [6.45, 7) is 0.913. The maximum Gasteiger partial charge on any atom is 0.168 e. The molecule has 2 N–H and O–H groups in total. The molecule has 1 aliphatic heterocycles. The molecule has 0 radical (unpaired) electrons. The SMILES string of the molecule is N[C@H]1C[C@@H]2CN(c3ccc(-c4cc(F)cc(F)c4F)nn3)[C@@H](C3CCCCC3)[C@H]2C1. The molecule has 160 valence electrons. The molecular weight excluding hydrogens is 389 g/mol. The van der Waals surface area contributed by atoms with E-state index in [9.17, 15) is 13.2 Å². The van der Waals surface area contributed by atoms with Crippen molar-refractivity contribution in [2.24, 2.45) is 23.5 Å². The van der Waals surface area contributed by atoms with Gasteiger partial charge in [0.25, 0.3) is 0 Å². The quantitative estimate of drug-likeness (QED) is 0.738. The fraction of sp³-hybridized carbons (Fsp3) is 0.565. The lowest BCUT2D eigenvalue weighted by Crippen LogP contribution is -2.41. The predicted octanol–water partition coefficient (Wildman–Crippen LogP) is 4.68. The van der Waals surface area contributed by atoms with Crippen molar-refractivity contribution in [3.63, 3.8) is 0 Å². The number of nitrogens with zero attached hydrogens (tertiary/aromatic N) is 3. The normalized spacial score (nSPS) is 29.4. The van der Waals surface area contributed by atoms with E-state index in [0.29, 0.717) is 29.9 Å². The van der Waals surface area contributed by atoms with Crippen LogP contribution in [0.4, 0.5) is 19.0 Å². The Morgan fingerprint density at radius 1 is 0.933 bits per heavy atom. The molecule has 1 saturated heterocycles. The van der Waals surface area contributed by atoms with Crippen LogP contribution in [0.1, 0.15) is 44.9 Å². The fourth-order valence-electron chi connectivity index (χ4n) is 6.13. The first-order valence-corrected chi connectivity index (χ1v) is 11.0. The van der Waals surface area contributed by atoms with E-state index >= 15 is 0 Å². The van der Waals surface area contributed by atoms with E-state index in [-0.39, 0.29) is 17.3 Å². The molecule has 0 bridgehead atoms. The highest BCUT2D eigenvalue weighted by Crippen LogP contribution is 2.48. The maximum atomic E-state index is 14.1. The molecule has 2 saturated carbocycles. The van der Waals surface area contributed by atoms with Gasteiger partial charge in [0.1, 0.15) is 5.82 Å². The molecule has 2 heterocycles. The predicted molar refractivity (Wildman–Crippen MR) is 109 cm³/mol. The molecule has 2 aromatic rings. The van der Waals surface area contributed by atoms with Crippen LogP contribution >= 0.6 is 0 Å². The van der Waals surface area contributed by atoms with Gasteiger partial charge < -0.3 is 10.6 Å².